The van der Waals surface area contributed by atoms with Gasteiger partial charge in [0.1, 0.15) is 11.6 Å². The number of pyridine rings is 1. The maximum Gasteiger partial charge on any atom is 0.573 e. The number of hydrogen-bond acceptors (Lipinski definition) is 4. The van der Waals surface area contributed by atoms with Gasteiger partial charge in [0.25, 0.3) is 0 Å². The van der Waals surface area contributed by atoms with Crippen molar-refractivity contribution < 1.29 is 27.4 Å². The molecule has 2 N–H and O–H groups in total. The summed E-state index contributed by atoms with van der Waals surface area (Å²) < 4.78 is 54.4. The Hall–Kier alpha value is -2.19. The number of nitrogens with one attached hydrogen (secondary N) is 1. The predicted molar refractivity (Wildman–Crippen MR) is 88.9 cm³/mol. The van der Waals surface area contributed by atoms with Crippen LogP contribution in [-0.4, -0.2) is 29.1 Å². The van der Waals surface area contributed by atoms with Gasteiger partial charge in [-0.05, 0) is 42.3 Å². The van der Waals surface area contributed by atoms with Crippen LogP contribution in [0.15, 0.2) is 36.4 Å². The molecule has 142 valence electrons. The second kappa shape index (κ2) is 8.46. The van der Waals surface area contributed by atoms with Crippen molar-refractivity contribution in [2.75, 3.05) is 6.61 Å². The van der Waals surface area contributed by atoms with E-state index in [9.17, 15) is 22.7 Å². The van der Waals surface area contributed by atoms with Crippen LogP contribution < -0.4 is 10.1 Å². The Morgan fingerprint density at radius 1 is 1.12 bits per heavy atom. The Morgan fingerprint density at radius 3 is 2.31 bits per heavy atom. The number of rotatable bonds is 7. The Morgan fingerprint density at radius 2 is 1.77 bits per heavy atom. The van der Waals surface area contributed by atoms with Crippen LogP contribution >= 0.6 is 0 Å². The van der Waals surface area contributed by atoms with Crippen molar-refractivity contribution in [1.82, 2.24) is 10.3 Å². The number of alkyl halides is 3. The number of aliphatic hydroxyl groups is 1. The highest BCUT2D eigenvalue weighted by atomic mass is 19.4. The average molecular weight is 372 g/mol. The van der Waals surface area contributed by atoms with E-state index in [2.05, 4.69) is 15.0 Å². The van der Waals surface area contributed by atoms with E-state index in [0.717, 1.165) is 0 Å². The first-order valence-electron chi connectivity index (χ1n) is 8.05. The summed E-state index contributed by atoms with van der Waals surface area (Å²) in [4.78, 5) is 4.23. The molecule has 0 unspecified atom stereocenters. The van der Waals surface area contributed by atoms with E-state index in [0.29, 0.717) is 11.3 Å². The van der Waals surface area contributed by atoms with Crippen LogP contribution in [0.4, 0.5) is 17.6 Å². The standard InChI is InChI=1S/C18H20F4N2O2/c1-11(2)17(10-25)23-9-16-14(19)7-8-15(24-16)12-3-5-13(6-4-12)26-18(20,21)22/h3-8,11,17,23,25H,9-10H2,1-2H3/t17-/m0/s1. The van der Waals surface area contributed by atoms with Gasteiger partial charge in [-0.2, -0.15) is 0 Å². The lowest BCUT2D eigenvalue weighted by Gasteiger charge is -2.20. The topological polar surface area (TPSA) is 54.4 Å². The number of aliphatic hydroxyl groups excluding tert-OH is 1. The van der Waals surface area contributed by atoms with Crippen LogP contribution in [0.2, 0.25) is 0 Å². The Labute approximate surface area is 148 Å². The number of ether oxygens (including phenoxy) is 1. The summed E-state index contributed by atoms with van der Waals surface area (Å²) in [5, 5.41) is 12.4. The van der Waals surface area contributed by atoms with Crippen molar-refractivity contribution in [1.29, 1.82) is 0 Å². The normalized spacial score (nSPS) is 13.1. The first-order chi connectivity index (χ1) is 12.2. The summed E-state index contributed by atoms with van der Waals surface area (Å²) in [6.07, 6.45) is -4.76. The lowest BCUT2D eigenvalue weighted by atomic mass is 10.1. The maximum atomic E-state index is 14.0. The van der Waals surface area contributed by atoms with E-state index in [1.165, 1.54) is 36.4 Å². The first kappa shape index (κ1) is 20.1. The number of aromatic nitrogens is 1. The Bertz CT molecular complexity index is 718. The highest BCUT2D eigenvalue weighted by Gasteiger charge is 2.31. The molecule has 1 aromatic heterocycles. The molecule has 0 saturated carbocycles. The molecule has 2 aromatic rings. The summed E-state index contributed by atoms with van der Waals surface area (Å²) in [6, 6.07) is 7.69. The lowest BCUT2D eigenvalue weighted by molar-refractivity contribution is -0.274. The van der Waals surface area contributed by atoms with Gasteiger partial charge in [0, 0.05) is 18.2 Å². The van der Waals surface area contributed by atoms with Crippen LogP contribution in [0.1, 0.15) is 19.5 Å². The summed E-state index contributed by atoms with van der Waals surface area (Å²) in [5.41, 5.74) is 1.12. The molecule has 0 aliphatic heterocycles. The van der Waals surface area contributed by atoms with Gasteiger partial charge in [0.2, 0.25) is 0 Å². The van der Waals surface area contributed by atoms with Crippen LogP contribution in [0.3, 0.4) is 0 Å². The zero-order valence-electron chi connectivity index (χ0n) is 14.3. The van der Waals surface area contributed by atoms with E-state index in [-0.39, 0.29) is 36.6 Å². The molecule has 4 nitrogen and oxygen atoms in total. The molecule has 0 aliphatic rings. The molecular weight excluding hydrogens is 352 g/mol. The van der Waals surface area contributed by atoms with Gasteiger partial charge in [0.05, 0.1) is 18.0 Å². The number of benzene rings is 1. The molecule has 26 heavy (non-hydrogen) atoms. The fourth-order valence-corrected chi connectivity index (χ4v) is 2.34. The van der Waals surface area contributed by atoms with Gasteiger partial charge >= 0.3 is 6.36 Å². The number of halogens is 4. The fourth-order valence-electron chi connectivity index (χ4n) is 2.34. The minimum Gasteiger partial charge on any atom is -0.406 e. The quantitative estimate of drug-likeness (QED) is 0.724. The summed E-state index contributed by atoms with van der Waals surface area (Å²) >= 11 is 0. The lowest BCUT2D eigenvalue weighted by Crippen LogP contribution is -2.36. The van der Waals surface area contributed by atoms with Crippen molar-refractivity contribution in [3.8, 4) is 17.0 Å². The van der Waals surface area contributed by atoms with Crippen molar-refractivity contribution >= 4 is 0 Å². The van der Waals surface area contributed by atoms with Crippen LogP contribution in [0.5, 0.6) is 5.75 Å². The predicted octanol–water partition coefficient (Wildman–Crippen LogP) is 3.89. The SMILES string of the molecule is CC(C)[C@H](CO)NCc1nc(-c2ccc(OC(F)(F)F)cc2)ccc1F. The minimum atomic E-state index is -4.76. The van der Waals surface area contributed by atoms with Crippen LogP contribution in [-0.2, 0) is 6.54 Å². The minimum absolute atomic E-state index is 0.0837. The third-order valence-electron chi connectivity index (χ3n) is 3.84. The molecule has 0 radical (unpaired) electrons. The van der Waals surface area contributed by atoms with Gasteiger partial charge in [0.15, 0.2) is 0 Å². The van der Waals surface area contributed by atoms with Crippen molar-refractivity contribution in [3.63, 3.8) is 0 Å². The highest BCUT2D eigenvalue weighted by Crippen LogP contribution is 2.26. The molecular formula is C18H20F4N2O2. The van der Waals surface area contributed by atoms with Gasteiger partial charge < -0.3 is 15.2 Å². The summed E-state index contributed by atoms with van der Waals surface area (Å²) in [7, 11) is 0. The Balaban J connectivity index is 2.15. The van der Waals surface area contributed by atoms with E-state index in [4.69, 9.17) is 0 Å². The Kier molecular flexibility index (Phi) is 6.55. The van der Waals surface area contributed by atoms with Crippen molar-refractivity contribution in [3.05, 3.63) is 47.9 Å². The molecule has 0 bridgehead atoms. The number of hydrogen-bond donors (Lipinski definition) is 2. The third-order valence-corrected chi connectivity index (χ3v) is 3.84. The summed E-state index contributed by atoms with van der Waals surface area (Å²) in [5.74, 6) is -0.681. The smallest absolute Gasteiger partial charge is 0.406 e. The molecule has 1 heterocycles. The van der Waals surface area contributed by atoms with E-state index in [1.807, 2.05) is 13.8 Å². The van der Waals surface area contributed by atoms with Crippen molar-refractivity contribution in [2.24, 2.45) is 5.92 Å². The monoisotopic (exact) mass is 372 g/mol. The van der Waals surface area contributed by atoms with E-state index in [1.54, 1.807) is 0 Å². The molecule has 0 saturated heterocycles. The average Bonchev–Trinajstić information content (AvgIpc) is 2.56. The molecule has 1 aromatic carbocycles. The second-order valence-electron chi connectivity index (χ2n) is 6.11. The molecule has 0 fully saturated rings. The molecule has 8 heteroatoms. The van der Waals surface area contributed by atoms with E-state index >= 15 is 0 Å². The van der Waals surface area contributed by atoms with Gasteiger partial charge in [-0.25, -0.2) is 9.37 Å². The van der Waals surface area contributed by atoms with Gasteiger partial charge in [-0.1, -0.05) is 13.8 Å². The number of nitrogens with zero attached hydrogens (tertiary/aromatic N) is 1. The largest absolute Gasteiger partial charge is 0.573 e. The van der Waals surface area contributed by atoms with Crippen molar-refractivity contribution in [2.45, 2.75) is 32.8 Å². The highest BCUT2D eigenvalue weighted by molar-refractivity contribution is 5.60. The van der Waals surface area contributed by atoms with Gasteiger partial charge in [-0.15, -0.1) is 13.2 Å². The zero-order chi connectivity index (χ0) is 19.3. The van der Waals surface area contributed by atoms with Gasteiger partial charge in [-0.3, -0.25) is 0 Å². The van der Waals surface area contributed by atoms with Crippen LogP contribution in [0, 0.1) is 11.7 Å². The summed E-state index contributed by atoms with van der Waals surface area (Å²) in [6.45, 7) is 3.90. The third kappa shape index (κ3) is 5.67. The fraction of sp³-hybridized carbons (Fsp3) is 0.389. The second-order valence-corrected chi connectivity index (χ2v) is 6.11. The molecule has 0 spiro atoms. The molecule has 0 aliphatic carbocycles. The molecule has 1 atom stereocenters. The molecule has 0 amide bonds. The van der Waals surface area contributed by atoms with E-state index < -0.39 is 12.2 Å². The first-order valence-corrected chi connectivity index (χ1v) is 8.05. The maximum absolute atomic E-state index is 14.0. The molecule has 2 rings (SSSR count). The van der Waals surface area contributed by atoms with Crippen LogP contribution in [0.25, 0.3) is 11.3 Å². The zero-order valence-corrected chi connectivity index (χ0v) is 14.3.